The van der Waals surface area contributed by atoms with Crippen LogP contribution in [0.25, 0.3) is 5.52 Å². The van der Waals surface area contributed by atoms with E-state index in [4.69, 9.17) is 0 Å². The first-order chi connectivity index (χ1) is 12.4. The van der Waals surface area contributed by atoms with Crippen molar-refractivity contribution in [3.63, 3.8) is 0 Å². The molecule has 4 rings (SSSR count). The van der Waals surface area contributed by atoms with Crippen molar-refractivity contribution in [3.8, 4) is 0 Å². The highest BCUT2D eigenvalue weighted by Gasteiger charge is 2.31. The molecule has 138 valence electrons. The number of rotatable bonds is 3. The molecule has 0 aliphatic carbocycles. The van der Waals surface area contributed by atoms with Crippen LogP contribution in [0.2, 0.25) is 0 Å². The topological polar surface area (TPSA) is 101 Å². The highest BCUT2D eigenvalue weighted by atomic mass is 32.2. The van der Waals surface area contributed by atoms with Crippen LogP contribution >= 0.6 is 0 Å². The van der Waals surface area contributed by atoms with Crippen molar-refractivity contribution in [1.29, 1.82) is 0 Å². The van der Waals surface area contributed by atoms with E-state index in [-0.39, 0.29) is 28.9 Å². The fraction of sp³-hybridized carbons (Fsp3) is 0.471. The first-order valence-corrected chi connectivity index (χ1v) is 10.5. The van der Waals surface area contributed by atoms with E-state index in [0.29, 0.717) is 25.0 Å². The number of hydrogen-bond donors (Lipinski definition) is 1. The molecule has 2 aromatic heterocycles. The summed E-state index contributed by atoms with van der Waals surface area (Å²) in [5.74, 6) is -0.390. The number of amides is 2. The van der Waals surface area contributed by atoms with E-state index in [9.17, 15) is 18.0 Å². The Bertz CT molecular complexity index is 976. The van der Waals surface area contributed by atoms with Crippen LogP contribution in [0.4, 0.5) is 0 Å². The van der Waals surface area contributed by atoms with Gasteiger partial charge in [-0.05, 0) is 31.4 Å². The molecule has 0 bridgehead atoms. The lowest BCUT2D eigenvalue weighted by molar-refractivity contribution is 0.0780. The number of nitrogens with zero attached hydrogens (tertiary/aromatic N) is 3. The van der Waals surface area contributed by atoms with Gasteiger partial charge in [0.15, 0.2) is 15.5 Å². The second-order valence-corrected chi connectivity index (χ2v) is 9.04. The van der Waals surface area contributed by atoms with Gasteiger partial charge in [0.1, 0.15) is 0 Å². The third-order valence-electron chi connectivity index (χ3n) is 4.92. The molecule has 0 radical (unpaired) electrons. The molecule has 1 atom stereocenters. The molecule has 0 aromatic carbocycles. The number of carbonyl (C=O) groups is 2. The van der Waals surface area contributed by atoms with E-state index in [0.717, 1.165) is 12.8 Å². The standard InChI is InChI=1S/C17H20N4O4S/c22-16(18-12-6-10-26(24,25)11-12)14-13-5-1-2-9-21(13)15(19-14)17(23)20-7-3-4-8-20/h1-2,5,9,12H,3-4,6-8,10-11H2,(H,18,22). The molecule has 2 amide bonds. The van der Waals surface area contributed by atoms with Crippen LogP contribution in [-0.2, 0) is 9.84 Å². The average Bonchev–Trinajstić information content (AvgIpc) is 3.33. The summed E-state index contributed by atoms with van der Waals surface area (Å²) in [6.45, 7) is 1.39. The van der Waals surface area contributed by atoms with Gasteiger partial charge >= 0.3 is 0 Å². The minimum absolute atomic E-state index is 0.0515. The molecule has 0 saturated carbocycles. The zero-order valence-electron chi connectivity index (χ0n) is 14.2. The van der Waals surface area contributed by atoms with E-state index in [1.54, 1.807) is 33.7 Å². The highest BCUT2D eigenvalue weighted by molar-refractivity contribution is 7.91. The van der Waals surface area contributed by atoms with E-state index in [1.165, 1.54) is 0 Å². The second kappa shape index (κ2) is 6.39. The molecule has 26 heavy (non-hydrogen) atoms. The Balaban J connectivity index is 1.65. The van der Waals surface area contributed by atoms with Crippen LogP contribution in [0.5, 0.6) is 0 Å². The van der Waals surface area contributed by atoms with Gasteiger partial charge in [-0.3, -0.25) is 14.0 Å². The van der Waals surface area contributed by atoms with Gasteiger partial charge in [-0.25, -0.2) is 13.4 Å². The summed E-state index contributed by atoms with van der Waals surface area (Å²) in [5, 5.41) is 2.75. The van der Waals surface area contributed by atoms with Gasteiger partial charge in [0.25, 0.3) is 11.8 Å². The lowest BCUT2D eigenvalue weighted by Gasteiger charge is -2.13. The Morgan fingerprint density at radius 1 is 1.19 bits per heavy atom. The molecule has 2 aliphatic rings. The number of likely N-dealkylation sites (tertiary alicyclic amines) is 1. The van der Waals surface area contributed by atoms with Gasteiger partial charge in [-0.2, -0.15) is 0 Å². The van der Waals surface area contributed by atoms with E-state index < -0.39 is 21.8 Å². The smallest absolute Gasteiger partial charge is 0.290 e. The molecule has 4 heterocycles. The highest BCUT2D eigenvalue weighted by Crippen LogP contribution is 2.18. The molecule has 2 aliphatic heterocycles. The summed E-state index contributed by atoms with van der Waals surface area (Å²) >= 11 is 0. The number of hydrogen-bond acceptors (Lipinski definition) is 5. The van der Waals surface area contributed by atoms with Crippen molar-refractivity contribution in [2.75, 3.05) is 24.6 Å². The molecule has 9 heteroatoms. The lowest BCUT2D eigenvalue weighted by Crippen LogP contribution is -2.36. The zero-order valence-corrected chi connectivity index (χ0v) is 15.0. The number of aromatic nitrogens is 2. The molecule has 2 saturated heterocycles. The first-order valence-electron chi connectivity index (χ1n) is 8.72. The summed E-state index contributed by atoms with van der Waals surface area (Å²) in [6, 6.07) is 4.87. The second-order valence-electron chi connectivity index (χ2n) is 6.81. The Labute approximate surface area is 151 Å². The summed E-state index contributed by atoms with van der Waals surface area (Å²) in [5.41, 5.74) is 0.686. The minimum atomic E-state index is -3.09. The number of pyridine rings is 1. The number of imidazole rings is 1. The SMILES string of the molecule is O=C(NC1CCS(=O)(=O)C1)c1nc(C(=O)N2CCCC2)n2ccccc12. The van der Waals surface area contributed by atoms with Crippen molar-refractivity contribution < 1.29 is 18.0 Å². The zero-order chi connectivity index (χ0) is 18.3. The van der Waals surface area contributed by atoms with Crippen molar-refractivity contribution in [2.24, 2.45) is 0 Å². The van der Waals surface area contributed by atoms with Crippen LogP contribution in [0, 0.1) is 0 Å². The number of sulfone groups is 1. The number of fused-ring (bicyclic) bond motifs is 1. The molecule has 2 fully saturated rings. The Morgan fingerprint density at radius 3 is 2.65 bits per heavy atom. The van der Waals surface area contributed by atoms with E-state index in [1.807, 2.05) is 0 Å². The summed E-state index contributed by atoms with van der Waals surface area (Å²) in [4.78, 5) is 31.5. The Kier molecular flexibility index (Phi) is 4.18. The van der Waals surface area contributed by atoms with Crippen LogP contribution < -0.4 is 5.32 Å². The first kappa shape index (κ1) is 17.0. The number of carbonyl (C=O) groups excluding carboxylic acids is 2. The van der Waals surface area contributed by atoms with Crippen molar-refractivity contribution in [3.05, 3.63) is 35.9 Å². The van der Waals surface area contributed by atoms with Crippen LogP contribution in [0.3, 0.4) is 0 Å². The van der Waals surface area contributed by atoms with Crippen molar-refractivity contribution in [2.45, 2.75) is 25.3 Å². The minimum Gasteiger partial charge on any atom is -0.347 e. The molecule has 1 unspecified atom stereocenters. The van der Waals surface area contributed by atoms with Gasteiger partial charge < -0.3 is 10.2 Å². The van der Waals surface area contributed by atoms with Crippen molar-refractivity contribution in [1.82, 2.24) is 19.6 Å². The maximum Gasteiger partial charge on any atom is 0.290 e. The average molecular weight is 376 g/mol. The molecule has 8 nitrogen and oxygen atoms in total. The fourth-order valence-electron chi connectivity index (χ4n) is 3.58. The summed E-state index contributed by atoms with van der Waals surface area (Å²) < 4.78 is 24.8. The van der Waals surface area contributed by atoms with Gasteiger partial charge in [0.05, 0.1) is 17.0 Å². The van der Waals surface area contributed by atoms with Gasteiger partial charge in [-0.15, -0.1) is 0 Å². The largest absolute Gasteiger partial charge is 0.347 e. The predicted octanol–water partition coefficient (Wildman–Crippen LogP) is 0.487. The van der Waals surface area contributed by atoms with Crippen LogP contribution in [0.1, 0.15) is 40.4 Å². The van der Waals surface area contributed by atoms with E-state index in [2.05, 4.69) is 10.3 Å². The monoisotopic (exact) mass is 376 g/mol. The molecular formula is C17H20N4O4S. The molecular weight excluding hydrogens is 356 g/mol. The van der Waals surface area contributed by atoms with E-state index >= 15 is 0 Å². The van der Waals surface area contributed by atoms with Crippen LogP contribution in [0.15, 0.2) is 24.4 Å². The van der Waals surface area contributed by atoms with Gasteiger partial charge in [0.2, 0.25) is 5.82 Å². The predicted molar refractivity (Wildman–Crippen MR) is 94.9 cm³/mol. The summed E-state index contributed by atoms with van der Waals surface area (Å²) in [6.07, 6.45) is 4.05. The van der Waals surface area contributed by atoms with Gasteiger partial charge in [0, 0.05) is 25.3 Å². The Morgan fingerprint density at radius 2 is 1.96 bits per heavy atom. The fourth-order valence-corrected chi connectivity index (χ4v) is 5.25. The lowest BCUT2D eigenvalue weighted by atomic mass is 10.2. The third kappa shape index (κ3) is 3.07. The van der Waals surface area contributed by atoms with Crippen LogP contribution in [-0.4, -0.2) is 65.2 Å². The number of nitrogens with one attached hydrogen (secondary N) is 1. The normalized spacial score (nSPS) is 22.0. The third-order valence-corrected chi connectivity index (χ3v) is 6.68. The Hall–Kier alpha value is -2.42. The molecule has 1 N–H and O–H groups in total. The van der Waals surface area contributed by atoms with Gasteiger partial charge in [-0.1, -0.05) is 6.07 Å². The summed E-state index contributed by atoms with van der Waals surface area (Å²) in [7, 11) is -3.09. The maximum absolute atomic E-state index is 12.8. The molecule has 0 spiro atoms. The van der Waals surface area contributed by atoms with Crippen molar-refractivity contribution >= 4 is 27.2 Å². The molecule has 2 aromatic rings. The maximum atomic E-state index is 12.8. The quantitative estimate of drug-likeness (QED) is 0.840.